The number of hydrogen-bond acceptors (Lipinski definition) is 4. The smallest absolute Gasteiger partial charge is 0.141 e. The van der Waals surface area contributed by atoms with Crippen LogP contribution < -0.4 is 10.2 Å². The van der Waals surface area contributed by atoms with Crippen LogP contribution in [0.2, 0.25) is 0 Å². The van der Waals surface area contributed by atoms with Gasteiger partial charge in [-0.05, 0) is 25.0 Å². The summed E-state index contributed by atoms with van der Waals surface area (Å²) in [5.74, 6) is 3.16. The lowest BCUT2D eigenvalue weighted by molar-refractivity contribution is 0.768. The lowest BCUT2D eigenvalue weighted by atomic mass is 10.1. The number of para-hydroxylation sites is 1. The van der Waals surface area contributed by atoms with E-state index in [-0.39, 0.29) is 0 Å². The second kappa shape index (κ2) is 5.35. The van der Waals surface area contributed by atoms with E-state index < -0.39 is 0 Å². The maximum Gasteiger partial charge on any atom is 0.141 e. The van der Waals surface area contributed by atoms with Gasteiger partial charge in [-0.3, -0.25) is 0 Å². The van der Waals surface area contributed by atoms with Gasteiger partial charge in [0.1, 0.15) is 17.5 Å². The van der Waals surface area contributed by atoms with Crippen molar-refractivity contribution in [3.8, 4) is 0 Å². The van der Waals surface area contributed by atoms with Crippen molar-refractivity contribution >= 4 is 17.3 Å². The quantitative estimate of drug-likeness (QED) is 0.933. The Kier molecular flexibility index (Phi) is 3.53. The van der Waals surface area contributed by atoms with Gasteiger partial charge in [-0.15, -0.1) is 0 Å². The number of nitrogens with one attached hydrogen (secondary N) is 1. The Morgan fingerprint density at radius 2 is 1.95 bits per heavy atom. The molecule has 0 fully saturated rings. The average Bonchev–Trinajstić information content (AvgIpc) is 2.91. The SMILES string of the molecule is CNc1nc(C(C)C)nc(N2CCc3ccccc32)c1C. The number of anilines is 3. The minimum Gasteiger partial charge on any atom is -0.373 e. The molecule has 0 amide bonds. The van der Waals surface area contributed by atoms with E-state index >= 15 is 0 Å². The Hall–Kier alpha value is -2.10. The average molecular weight is 282 g/mol. The van der Waals surface area contributed by atoms with Gasteiger partial charge in [0.15, 0.2) is 0 Å². The first-order chi connectivity index (χ1) is 10.1. The molecule has 4 heteroatoms. The fraction of sp³-hybridized carbons (Fsp3) is 0.412. The van der Waals surface area contributed by atoms with Crippen molar-refractivity contribution in [3.05, 3.63) is 41.2 Å². The molecule has 4 nitrogen and oxygen atoms in total. The van der Waals surface area contributed by atoms with Crippen LogP contribution in [-0.2, 0) is 6.42 Å². The first-order valence-corrected chi connectivity index (χ1v) is 7.53. The summed E-state index contributed by atoms with van der Waals surface area (Å²) in [5.41, 5.74) is 3.78. The zero-order valence-corrected chi connectivity index (χ0v) is 13.1. The summed E-state index contributed by atoms with van der Waals surface area (Å²) in [5, 5.41) is 3.20. The first-order valence-electron chi connectivity index (χ1n) is 7.53. The van der Waals surface area contributed by atoms with E-state index in [4.69, 9.17) is 4.98 Å². The molecule has 0 spiro atoms. The number of nitrogens with zero attached hydrogens (tertiary/aromatic N) is 3. The Balaban J connectivity index is 2.12. The van der Waals surface area contributed by atoms with Crippen molar-refractivity contribution in [2.75, 3.05) is 23.8 Å². The highest BCUT2D eigenvalue weighted by Crippen LogP contribution is 2.36. The van der Waals surface area contributed by atoms with Gasteiger partial charge in [0.25, 0.3) is 0 Å². The van der Waals surface area contributed by atoms with Crippen LogP contribution >= 0.6 is 0 Å². The molecule has 1 aromatic heterocycles. The molecular formula is C17H22N4. The third kappa shape index (κ3) is 2.35. The number of benzene rings is 1. The standard InChI is InChI=1S/C17H22N4/c1-11(2)15-19-16(18-4)12(3)17(20-15)21-10-9-13-7-5-6-8-14(13)21/h5-8,11H,9-10H2,1-4H3,(H,18,19,20). The minimum absolute atomic E-state index is 0.314. The van der Waals surface area contributed by atoms with E-state index in [0.29, 0.717) is 5.92 Å². The third-order valence-corrected chi connectivity index (χ3v) is 4.03. The number of rotatable bonds is 3. The van der Waals surface area contributed by atoms with Crippen LogP contribution in [-0.4, -0.2) is 23.6 Å². The molecule has 1 aromatic carbocycles. The molecule has 3 rings (SSSR count). The van der Waals surface area contributed by atoms with Gasteiger partial charge in [-0.1, -0.05) is 32.0 Å². The van der Waals surface area contributed by atoms with Gasteiger partial charge in [0.05, 0.1) is 0 Å². The molecule has 0 saturated carbocycles. The first kappa shape index (κ1) is 13.9. The molecule has 0 radical (unpaired) electrons. The normalized spacial score (nSPS) is 13.7. The van der Waals surface area contributed by atoms with Crippen molar-refractivity contribution in [2.45, 2.75) is 33.1 Å². The van der Waals surface area contributed by atoms with Crippen molar-refractivity contribution in [1.29, 1.82) is 0 Å². The maximum atomic E-state index is 4.84. The summed E-state index contributed by atoms with van der Waals surface area (Å²) in [6.45, 7) is 7.34. The van der Waals surface area contributed by atoms with E-state index in [9.17, 15) is 0 Å². The molecule has 0 atom stereocenters. The lowest BCUT2D eigenvalue weighted by Crippen LogP contribution is -2.19. The summed E-state index contributed by atoms with van der Waals surface area (Å²) in [4.78, 5) is 11.8. The molecule has 0 bridgehead atoms. The maximum absolute atomic E-state index is 4.84. The molecule has 1 aliphatic heterocycles. The Morgan fingerprint density at radius 1 is 1.19 bits per heavy atom. The highest BCUT2D eigenvalue weighted by Gasteiger charge is 2.24. The Morgan fingerprint density at radius 3 is 2.67 bits per heavy atom. The van der Waals surface area contributed by atoms with Crippen molar-refractivity contribution in [2.24, 2.45) is 0 Å². The van der Waals surface area contributed by atoms with Gasteiger partial charge in [0.2, 0.25) is 0 Å². The molecular weight excluding hydrogens is 260 g/mol. The molecule has 21 heavy (non-hydrogen) atoms. The largest absolute Gasteiger partial charge is 0.373 e. The lowest BCUT2D eigenvalue weighted by Gasteiger charge is -2.23. The minimum atomic E-state index is 0.314. The monoisotopic (exact) mass is 282 g/mol. The van der Waals surface area contributed by atoms with Crippen LogP contribution in [0.25, 0.3) is 0 Å². The van der Waals surface area contributed by atoms with Crippen LogP contribution in [0, 0.1) is 6.92 Å². The second-order valence-corrected chi connectivity index (χ2v) is 5.81. The fourth-order valence-electron chi connectivity index (χ4n) is 2.84. The summed E-state index contributed by atoms with van der Waals surface area (Å²) in [6.07, 6.45) is 1.07. The van der Waals surface area contributed by atoms with Gasteiger partial charge >= 0.3 is 0 Å². The van der Waals surface area contributed by atoms with E-state index in [0.717, 1.165) is 36.0 Å². The van der Waals surface area contributed by atoms with Crippen molar-refractivity contribution in [3.63, 3.8) is 0 Å². The van der Waals surface area contributed by atoms with E-state index in [1.807, 2.05) is 7.05 Å². The Bertz CT molecular complexity index is 664. The molecule has 0 aliphatic carbocycles. The summed E-state index contributed by atoms with van der Waals surface area (Å²) < 4.78 is 0. The molecule has 110 valence electrons. The number of aromatic nitrogens is 2. The van der Waals surface area contributed by atoms with Gasteiger partial charge in [0, 0.05) is 30.8 Å². The van der Waals surface area contributed by atoms with Gasteiger partial charge in [-0.25, -0.2) is 9.97 Å². The summed E-state index contributed by atoms with van der Waals surface area (Å²) >= 11 is 0. The zero-order valence-electron chi connectivity index (χ0n) is 13.1. The predicted molar refractivity (Wildman–Crippen MR) is 87.6 cm³/mol. The molecule has 0 unspecified atom stereocenters. The van der Waals surface area contributed by atoms with E-state index in [1.165, 1.54) is 11.3 Å². The summed E-state index contributed by atoms with van der Waals surface area (Å²) in [6, 6.07) is 8.58. The molecule has 1 N–H and O–H groups in total. The van der Waals surface area contributed by atoms with Crippen molar-refractivity contribution < 1.29 is 0 Å². The van der Waals surface area contributed by atoms with Crippen LogP contribution in [0.3, 0.4) is 0 Å². The van der Waals surface area contributed by atoms with Gasteiger partial charge in [-0.2, -0.15) is 0 Å². The zero-order chi connectivity index (χ0) is 15.0. The summed E-state index contributed by atoms with van der Waals surface area (Å²) in [7, 11) is 1.92. The topological polar surface area (TPSA) is 41.1 Å². The van der Waals surface area contributed by atoms with Crippen LogP contribution in [0.15, 0.2) is 24.3 Å². The fourth-order valence-corrected chi connectivity index (χ4v) is 2.84. The van der Waals surface area contributed by atoms with Crippen LogP contribution in [0.1, 0.15) is 36.7 Å². The highest BCUT2D eigenvalue weighted by molar-refractivity contribution is 5.72. The number of fused-ring (bicyclic) bond motifs is 1. The third-order valence-electron chi connectivity index (χ3n) is 4.03. The van der Waals surface area contributed by atoms with Crippen molar-refractivity contribution in [1.82, 2.24) is 9.97 Å². The van der Waals surface area contributed by atoms with Crippen LogP contribution in [0.5, 0.6) is 0 Å². The second-order valence-electron chi connectivity index (χ2n) is 5.81. The highest BCUT2D eigenvalue weighted by atomic mass is 15.2. The van der Waals surface area contributed by atoms with Crippen LogP contribution in [0.4, 0.5) is 17.3 Å². The molecule has 2 aromatic rings. The Labute approximate surface area is 126 Å². The molecule has 0 saturated heterocycles. The molecule has 2 heterocycles. The van der Waals surface area contributed by atoms with E-state index in [2.05, 4.69) is 60.2 Å². The number of hydrogen-bond donors (Lipinski definition) is 1. The van der Waals surface area contributed by atoms with Gasteiger partial charge < -0.3 is 10.2 Å². The predicted octanol–water partition coefficient (Wildman–Crippen LogP) is 3.64. The van der Waals surface area contributed by atoms with E-state index in [1.54, 1.807) is 0 Å². The molecule has 1 aliphatic rings.